The van der Waals surface area contributed by atoms with E-state index in [1.807, 2.05) is 13.8 Å². The number of benzene rings is 1. The fraction of sp³-hybridized carbons (Fsp3) is 0.500. The number of primary amides is 1. The first-order valence-electron chi connectivity index (χ1n) is 10.6. The Morgan fingerprint density at radius 3 is 2.81 bits per heavy atom. The number of amides is 2. The maximum absolute atomic E-state index is 11.9. The number of β-lactam (4-membered cyclic amide) rings is 1. The molecule has 7 nitrogen and oxygen atoms in total. The second kappa shape index (κ2) is 7.19. The number of nitrogens with two attached hydrogens (primary N) is 1. The molecular weight excluding hydrogens is 356 g/mol. The van der Waals surface area contributed by atoms with E-state index >= 15 is 0 Å². The van der Waals surface area contributed by atoms with Gasteiger partial charge in [-0.15, -0.1) is 11.8 Å². The molecule has 2 heterocycles. The zero-order valence-electron chi connectivity index (χ0n) is 20.8. The Morgan fingerprint density at radius 1 is 1.50 bits per heavy atom. The topological polar surface area (TPSA) is 110 Å². The summed E-state index contributed by atoms with van der Waals surface area (Å²) < 4.78 is 48.4. The molecule has 0 spiro atoms. The molecular formula is C18H26N2O5S. The van der Waals surface area contributed by atoms with Crippen LogP contribution < -0.4 is 10.5 Å². The molecule has 2 aliphatic rings. The van der Waals surface area contributed by atoms with Crippen LogP contribution in [0.15, 0.2) is 30.2 Å². The summed E-state index contributed by atoms with van der Waals surface area (Å²) in [4.78, 5) is 34.7. The molecule has 26 heavy (non-hydrogen) atoms. The largest absolute Gasteiger partial charge is 0.484 e. The molecule has 2 saturated heterocycles. The van der Waals surface area contributed by atoms with E-state index in [0.29, 0.717) is 0 Å². The van der Waals surface area contributed by atoms with Crippen LogP contribution in [-0.4, -0.2) is 50.1 Å². The number of aliphatic carboxylic acids is 1. The predicted molar refractivity (Wildman–Crippen MR) is 101 cm³/mol. The summed E-state index contributed by atoms with van der Waals surface area (Å²) >= 11 is 1.42. The van der Waals surface area contributed by atoms with Gasteiger partial charge in [0.2, 0.25) is 5.91 Å². The second-order valence-electron chi connectivity index (χ2n) is 6.48. The second-order valence-corrected chi connectivity index (χ2v) is 8.53. The molecule has 3 N–H and O–H groups in total. The maximum Gasteiger partial charge on any atom is 0.327 e. The number of carboxylic acid groups (broad SMARTS) is 1. The molecule has 0 radical (unpaired) electrons. The molecule has 2 amide bonds. The van der Waals surface area contributed by atoms with Crippen molar-refractivity contribution in [2.45, 2.75) is 43.4 Å². The first-order valence-corrected chi connectivity index (χ1v) is 8.54. The Balaban J connectivity index is 0.000000323. The molecule has 0 aliphatic carbocycles. The molecule has 0 bridgehead atoms. The lowest BCUT2D eigenvalue weighted by Gasteiger charge is -2.50. The van der Waals surface area contributed by atoms with Crippen molar-refractivity contribution >= 4 is 29.5 Å². The number of fused-ring (bicyclic) bond motifs is 1. The van der Waals surface area contributed by atoms with Gasteiger partial charge in [0.05, 0.1) is 16.2 Å². The molecule has 0 aromatic heterocycles. The molecule has 1 aromatic carbocycles. The zero-order chi connectivity index (χ0) is 24.8. The number of ether oxygens (including phenoxy) is 1. The van der Waals surface area contributed by atoms with Crippen molar-refractivity contribution < 1.29 is 32.5 Å². The molecule has 0 saturated carbocycles. The Morgan fingerprint density at radius 2 is 2.19 bits per heavy atom. The quantitative estimate of drug-likeness (QED) is 0.762. The minimum absolute atomic E-state index is 0. The van der Waals surface area contributed by atoms with Gasteiger partial charge in [0.25, 0.3) is 7.34 Å². The maximum atomic E-state index is 11.9. The van der Waals surface area contributed by atoms with Crippen LogP contribution in [0.3, 0.4) is 0 Å². The van der Waals surface area contributed by atoms with E-state index in [2.05, 4.69) is 5.11 Å². The first kappa shape index (κ1) is 13.0. The number of hydrogen-bond donors (Lipinski definition) is 2. The molecule has 1 unspecified atom stereocenters. The van der Waals surface area contributed by atoms with Crippen molar-refractivity contribution in [2.24, 2.45) is 11.6 Å². The summed E-state index contributed by atoms with van der Waals surface area (Å²) in [7, 11) is 0. The van der Waals surface area contributed by atoms with Crippen LogP contribution >= 0.6 is 11.8 Å². The first-order chi connectivity index (χ1) is 14.5. The summed E-state index contributed by atoms with van der Waals surface area (Å²) in [6, 6.07) is -0.865. The number of nitrogens with zero attached hydrogens (tertiary/aromatic N) is 1. The van der Waals surface area contributed by atoms with Gasteiger partial charge in [-0.25, -0.2) is 4.79 Å². The van der Waals surface area contributed by atoms with Crippen LogP contribution in [0.2, 0.25) is 0 Å². The monoisotopic (exact) mass is 389 g/mol. The minimum Gasteiger partial charge on any atom is -0.484 e. The SMILES string of the molecule is [2HH].[2H]OC(=O)C1N2C(=O)[C@]([2H])(C)[C@@]2(C)SC1(C)C.[2H]c1cc([2H])c(OCC(N)=O)c([2H])c1[2H]. The normalized spacial score (nSPS) is 34.2. The summed E-state index contributed by atoms with van der Waals surface area (Å²) in [6.07, 6.45) is 0. The number of para-hydroxylation sites is 1. The van der Waals surface area contributed by atoms with Gasteiger partial charge in [0, 0.05) is 7.54 Å². The fourth-order valence-electron chi connectivity index (χ4n) is 2.95. The van der Waals surface area contributed by atoms with Crippen molar-refractivity contribution in [2.75, 3.05) is 6.61 Å². The molecule has 8 heteroatoms. The van der Waals surface area contributed by atoms with Gasteiger partial charge >= 0.3 is 5.97 Å². The van der Waals surface area contributed by atoms with E-state index in [4.69, 9.17) is 18.8 Å². The molecule has 2 fully saturated rings. The Kier molecular flexibility index (Phi) is 3.60. The fourth-order valence-corrected chi connectivity index (χ4v) is 4.81. The van der Waals surface area contributed by atoms with Crippen LogP contribution in [0.5, 0.6) is 5.75 Å². The van der Waals surface area contributed by atoms with E-state index in [9.17, 15) is 14.4 Å². The highest BCUT2D eigenvalue weighted by molar-refractivity contribution is 8.02. The van der Waals surface area contributed by atoms with Crippen LogP contribution in [0.4, 0.5) is 0 Å². The predicted octanol–water partition coefficient (Wildman–Crippen LogP) is 1.96. The van der Waals surface area contributed by atoms with Crippen molar-refractivity contribution in [1.29, 1.82) is 1.43 Å². The van der Waals surface area contributed by atoms with E-state index in [1.165, 1.54) is 16.7 Å². The number of hydrogen-bond acceptors (Lipinski definition) is 6. The van der Waals surface area contributed by atoms with E-state index < -0.39 is 40.0 Å². The number of thioether (sulfide) groups is 1. The summed E-state index contributed by atoms with van der Waals surface area (Å²) in [6.45, 7) is 6.54. The molecule has 3 atom stereocenters. The average molecular weight is 390 g/mol. The number of carbonyl (C=O) groups excluding carboxylic acids is 2. The van der Waals surface area contributed by atoms with Crippen molar-refractivity contribution in [3.63, 3.8) is 0 Å². The van der Waals surface area contributed by atoms with E-state index in [0.717, 1.165) is 6.07 Å². The van der Waals surface area contributed by atoms with Crippen molar-refractivity contribution in [3.8, 4) is 5.75 Å². The number of carboxylic acids is 1. The van der Waals surface area contributed by atoms with E-state index in [1.54, 1.807) is 13.8 Å². The molecule has 3 rings (SSSR count). The summed E-state index contributed by atoms with van der Waals surface area (Å²) in [5.41, 5.74) is 4.84. The highest BCUT2D eigenvalue weighted by Crippen LogP contribution is 2.60. The van der Waals surface area contributed by atoms with Gasteiger partial charge in [-0.05, 0) is 32.9 Å². The van der Waals surface area contributed by atoms with Crippen LogP contribution in [-0.2, 0) is 14.4 Å². The lowest BCUT2D eigenvalue weighted by Crippen LogP contribution is -2.67. The molecule has 1 aromatic rings. The van der Waals surface area contributed by atoms with Crippen molar-refractivity contribution in [1.82, 2.24) is 4.90 Å². The molecule has 2 aliphatic heterocycles. The van der Waals surface area contributed by atoms with Gasteiger partial charge in [-0.3, -0.25) is 9.59 Å². The third-order valence-electron chi connectivity index (χ3n) is 4.18. The molecule has 144 valence electrons. The van der Waals surface area contributed by atoms with Gasteiger partial charge in [0.1, 0.15) is 11.8 Å². The third-order valence-corrected chi connectivity index (χ3v) is 5.83. The lowest BCUT2D eigenvalue weighted by molar-refractivity contribution is -0.169. The van der Waals surface area contributed by atoms with E-state index in [-0.39, 0.29) is 37.3 Å². The van der Waals surface area contributed by atoms with Gasteiger partial charge in [0.15, 0.2) is 6.61 Å². The highest BCUT2D eigenvalue weighted by Gasteiger charge is 2.69. The number of rotatable bonds is 4. The number of carbonyl (C=O) groups is 3. The Hall–Kier alpha value is -2.22. The van der Waals surface area contributed by atoms with Gasteiger partial charge < -0.3 is 20.5 Å². The highest BCUT2D eigenvalue weighted by atomic mass is 32.2. The Labute approximate surface area is 166 Å². The minimum atomic E-state index is -1.23. The summed E-state index contributed by atoms with van der Waals surface area (Å²) in [5.74, 6) is -3.28. The smallest absolute Gasteiger partial charge is 0.327 e. The van der Waals surface area contributed by atoms with Gasteiger partial charge in [-0.1, -0.05) is 25.1 Å². The van der Waals surface area contributed by atoms with Gasteiger partial charge in [-0.2, -0.15) is 0 Å². The van der Waals surface area contributed by atoms with Crippen molar-refractivity contribution in [3.05, 3.63) is 30.2 Å². The van der Waals surface area contributed by atoms with Crippen LogP contribution in [0.1, 0.15) is 36.0 Å². The zero-order valence-corrected chi connectivity index (χ0v) is 15.7. The summed E-state index contributed by atoms with van der Waals surface area (Å²) in [5, 5.41) is 4.03. The standard InChI is InChI=1S/C10H15NO3S.C8H9NO2.H2/c1-5-7(12)11-6(8(13)14)9(2,3)15-10(5,11)4;9-8(10)6-11-7-4-2-1-3-5-7;/h5-6H,1-4H3,(H,13,14);1-5H,6H2,(H2,9,10);1H/t5-,6?,10+;;/m0../s1/i5D;1D,2D,4D,5D;1+1/hD. The average Bonchev–Trinajstić information content (AvgIpc) is 2.89. The lowest BCUT2D eigenvalue weighted by atomic mass is 9.85. The Bertz CT molecular complexity index is 978. The van der Waals surface area contributed by atoms with Crippen LogP contribution in [0, 0.1) is 5.89 Å². The third kappa shape index (κ3) is 3.65. The van der Waals surface area contributed by atoms with Crippen LogP contribution in [0.25, 0.3) is 1.43 Å².